The molecule has 1 heterocycles. The minimum Gasteiger partial charge on any atom is -0.408 e. The van der Waals surface area contributed by atoms with Gasteiger partial charge in [0.15, 0.2) is 5.58 Å². The first-order chi connectivity index (χ1) is 8.63. The van der Waals surface area contributed by atoms with Crippen LogP contribution in [0.5, 0.6) is 0 Å². The number of fused-ring (bicyclic) bond motifs is 1. The number of hydrogen-bond acceptors (Lipinski definition) is 4. The summed E-state index contributed by atoms with van der Waals surface area (Å²) in [7, 11) is 1.92. The minimum absolute atomic E-state index is 0.00364. The van der Waals surface area contributed by atoms with Crippen LogP contribution in [0.4, 0.5) is 5.69 Å². The molecular weight excluding hydrogens is 230 g/mol. The van der Waals surface area contributed by atoms with E-state index < -0.39 is 5.76 Å². The Balaban J connectivity index is 2.25. The lowest BCUT2D eigenvalue weighted by atomic mass is 10.1. The molecule has 5 heteroatoms. The van der Waals surface area contributed by atoms with Gasteiger partial charge in [-0.25, -0.2) is 4.79 Å². The van der Waals surface area contributed by atoms with Crippen molar-refractivity contribution in [1.82, 2.24) is 4.98 Å². The number of aromatic amines is 1. The summed E-state index contributed by atoms with van der Waals surface area (Å²) in [6.07, 6.45) is 0.822. The Hall–Kier alpha value is -2.22. The van der Waals surface area contributed by atoms with Crippen LogP contribution >= 0.6 is 0 Å². The van der Waals surface area contributed by atoms with Crippen LogP contribution in [-0.4, -0.2) is 18.6 Å². The Morgan fingerprint density at radius 2 is 2.33 bits per heavy atom. The fourth-order valence-electron chi connectivity index (χ4n) is 1.87. The van der Waals surface area contributed by atoms with Crippen molar-refractivity contribution < 1.29 is 4.42 Å². The fourth-order valence-corrected chi connectivity index (χ4v) is 1.87. The summed E-state index contributed by atoms with van der Waals surface area (Å²) in [5.41, 5.74) is 2.15. The molecule has 0 aliphatic rings. The van der Waals surface area contributed by atoms with E-state index in [-0.39, 0.29) is 5.92 Å². The highest BCUT2D eigenvalue weighted by molar-refractivity contribution is 5.76. The molecule has 5 nitrogen and oxygen atoms in total. The van der Waals surface area contributed by atoms with E-state index in [1.807, 2.05) is 24.9 Å². The zero-order valence-electron chi connectivity index (χ0n) is 10.4. The van der Waals surface area contributed by atoms with E-state index in [1.54, 1.807) is 12.1 Å². The van der Waals surface area contributed by atoms with Gasteiger partial charge in [-0.15, -0.1) is 0 Å². The Morgan fingerprint density at radius 1 is 1.56 bits per heavy atom. The molecule has 2 rings (SSSR count). The van der Waals surface area contributed by atoms with Gasteiger partial charge >= 0.3 is 5.76 Å². The normalized spacial score (nSPS) is 12.3. The van der Waals surface area contributed by atoms with Crippen molar-refractivity contribution in [3.8, 4) is 6.07 Å². The van der Waals surface area contributed by atoms with Gasteiger partial charge in [-0.2, -0.15) is 5.26 Å². The van der Waals surface area contributed by atoms with E-state index >= 15 is 0 Å². The van der Waals surface area contributed by atoms with Crippen molar-refractivity contribution >= 4 is 16.8 Å². The molecule has 1 unspecified atom stereocenters. The monoisotopic (exact) mass is 245 g/mol. The highest BCUT2D eigenvalue weighted by Crippen LogP contribution is 2.20. The van der Waals surface area contributed by atoms with Crippen molar-refractivity contribution in [2.24, 2.45) is 5.92 Å². The Morgan fingerprint density at radius 3 is 3.00 bits per heavy atom. The quantitative estimate of drug-likeness (QED) is 0.895. The second kappa shape index (κ2) is 4.96. The molecule has 0 spiro atoms. The van der Waals surface area contributed by atoms with Crippen LogP contribution in [0, 0.1) is 17.2 Å². The predicted molar refractivity (Wildman–Crippen MR) is 69.5 cm³/mol. The number of nitrogens with one attached hydrogen (secondary N) is 1. The summed E-state index contributed by atoms with van der Waals surface area (Å²) in [6.45, 7) is 2.66. The number of aromatic nitrogens is 1. The van der Waals surface area contributed by atoms with Crippen LogP contribution in [0.15, 0.2) is 27.4 Å². The van der Waals surface area contributed by atoms with Gasteiger partial charge in [-0.1, -0.05) is 6.92 Å². The number of nitriles is 1. The fraction of sp³-hybridized carbons (Fsp3) is 0.385. The van der Waals surface area contributed by atoms with E-state index in [9.17, 15) is 4.79 Å². The standard InChI is InChI=1S/C13H15N3O2/c1-3-9(7-14)8-16(2)10-4-5-11-12(6-10)18-13(17)15-11/h4-6,9H,3,8H2,1-2H3,(H,15,17). The van der Waals surface area contributed by atoms with Gasteiger partial charge in [-0.3, -0.25) is 4.98 Å². The third-order valence-electron chi connectivity index (χ3n) is 3.01. The van der Waals surface area contributed by atoms with Gasteiger partial charge in [0.25, 0.3) is 0 Å². The van der Waals surface area contributed by atoms with E-state index in [0.717, 1.165) is 12.1 Å². The molecule has 1 atom stereocenters. The molecule has 94 valence electrons. The molecule has 1 aromatic heterocycles. The lowest BCUT2D eigenvalue weighted by Gasteiger charge is -2.21. The molecule has 18 heavy (non-hydrogen) atoms. The Labute approximate surface area is 105 Å². The molecule has 0 saturated carbocycles. The van der Waals surface area contributed by atoms with Crippen LogP contribution in [0.2, 0.25) is 0 Å². The number of rotatable bonds is 4. The van der Waals surface area contributed by atoms with Gasteiger partial charge in [0, 0.05) is 25.3 Å². The second-order valence-corrected chi connectivity index (χ2v) is 4.31. The molecule has 0 amide bonds. The molecular formula is C13H15N3O2. The zero-order valence-corrected chi connectivity index (χ0v) is 10.4. The third-order valence-corrected chi connectivity index (χ3v) is 3.01. The summed E-state index contributed by atoms with van der Waals surface area (Å²) in [5, 5.41) is 8.96. The van der Waals surface area contributed by atoms with Crippen LogP contribution in [0.25, 0.3) is 11.1 Å². The SMILES string of the molecule is CCC(C#N)CN(C)c1ccc2[nH]c(=O)oc2c1. The largest absolute Gasteiger partial charge is 0.417 e. The topological polar surface area (TPSA) is 73.0 Å². The van der Waals surface area contributed by atoms with Gasteiger partial charge in [0.2, 0.25) is 0 Å². The van der Waals surface area contributed by atoms with Crippen molar-refractivity contribution in [3.05, 3.63) is 28.7 Å². The lowest BCUT2D eigenvalue weighted by Crippen LogP contribution is -2.24. The lowest BCUT2D eigenvalue weighted by molar-refractivity contribution is 0.555. The summed E-state index contributed by atoms with van der Waals surface area (Å²) in [4.78, 5) is 15.6. The van der Waals surface area contributed by atoms with E-state index in [2.05, 4.69) is 11.1 Å². The maximum absolute atomic E-state index is 11.1. The average Bonchev–Trinajstić information content (AvgIpc) is 2.74. The van der Waals surface area contributed by atoms with Gasteiger partial charge < -0.3 is 9.32 Å². The first kappa shape index (κ1) is 12.2. The van der Waals surface area contributed by atoms with Gasteiger partial charge in [0.1, 0.15) is 0 Å². The van der Waals surface area contributed by atoms with Crippen molar-refractivity contribution in [2.45, 2.75) is 13.3 Å². The number of anilines is 1. The van der Waals surface area contributed by atoms with Crippen LogP contribution in [-0.2, 0) is 0 Å². The van der Waals surface area contributed by atoms with Crippen molar-refractivity contribution in [2.75, 3.05) is 18.5 Å². The number of oxazole rings is 1. The Kier molecular flexibility index (Phi) is 3.38. The van der Waals surface area contributed by atoms with E-state index in [1.165, 1.54) is 0 Å². The molecule has 1 N–H and O–H groups in total. The van der Waals surface area contributed by atoms with E-state index in [4.69, 9.17) is 9.68 Å². The zero-order chi connectivity index (χ0) is 13.1. The average molecular weight is 245 g/mol. The first-order valence-electron chi connectivity index (χ1n) is 5.87. The highest BCUT2D eigenvalue weighted by atomic mass is 16.4. The van der Waals surface area contributed by atoms with Crippen molar-refractivity contribution in [3.63, 3.8) is 0 Å². The van der Waals surface area contributed by atoms with Crippen molar-refractivity contribution in [1.29, 1.82) is 5.26 Å². The van der Waals surface area contributed by atoms with E-state index in [0.29, 0.717) is 17.6 Å². The number of hydrogen-bond donors (Lipinski definition) is 1. The predicted octanol–water partition coefficient (Wildman–Crippen LogP) is 2.11. The summed E-state index contributed by atoms with van der Waals surface area (Å²) in [5.74, 6) is -0.447. The molecule has 1 aromatic carbocycles. The molecule has 0 radical (unpaired) electrons. The smallest absolute Gasteiger partial charge is 0.408 e. The number of nitrogens with zero attached hydrogens (tertiary/aromatic N) is 2. The molecule has 0 aliphatic carbocycles. The Bertz CT molecular complexity index is 635. The van der Waals surface area contributed by atoms with Gasteiger partial charge in [-0.05, 0) is 18.6 Å². The molecule has 0 saturated heterocycles. The van der Waals surface area contributed by atoms with Gasteiger partial charge in [0.05, 0.1) is 17.5 Å². The maximum atomic E-state index is 11.1. The molecule has 0 bridgehead atoms. The highest BCUT2D eigenvalue weighted by Gasteiger charge is 2.10. The number of benzene rings is 1. The second-order valence-electron chi connectivity index (χ2n) is 4.31. The summed E-state index contributed by atoms with van der Waals surface area (Å²) < 4.78 is 5.01. The summed E-state index contributed by atoms with van der Waals surface area (Å²) >= 11 is 0. The molecule has 2 aromatic rings. The first-order valence-corrected chi connectivity index (χ1v) is 5.87. The van der Waals surface area contributed by atoms with Crippen LogP contribution in [0.1, 0.15) is 13.3 Å². The summed E-state index contributed by atoms with van der Waals surface area (Å²) in [6, 6.07) is 7.78. The molecule has 0 aliphatic heterocycles. The maximum Gasteiger partial charge on any atom is 0.417 e. The minimum atomic E-state index is -0.451. The number of H-pyrrole nitrogens is 1. The van der Waals surface area contributed by atoms with Crippen LogP contribution < -0.4 is 10.7 Å². The van der Waals surface area contributed by atoms with Crippen LogP contribution in [0.3, 0.4) is 0 Å². The third kappa shape index (κ3) is 2.38. The molecule has 0 fully saturated rings.